The number of benzene rings is 1. The lowest BCUT2D eigenvalue weighted by atomic mass is 10.0. The van der Waals surface area contributed by atoms with Gasteiger partial charge in [-0.2, -0.15) is 0 Å². The highest BCUT2D eigenvalue weighted by Gasteiger charge is 2.13. The Morgan fingerprint density at radius 3 is 2.75 bits per heavy atom. The second kappa shape index (κ2) is 4.64. The van der Waals surface area contributed by atoms with Crippen molar-refractivity contribution < 1.29 is 0 Å². The van der Waals surface area contributed by atoms with E-state index in [1.807, 2.05) is 25.1 Å². The second-order valence-corrected chi connectivity index (χ2v) is 4.17. The highest BCUT2D eigenvalue weighted by Crippen LogP contribution is 2.24. The third-order valence-electron chi connectivity index (χ3n) is 2.48. The van der Waals surface area contributed by atoms with Gasteiger partial charge in [-0.25, -0.2) is 0 Å². The normalized spacial score (nSPS) is 12.4. The van der Waals surface area contributed by atoms with Gasteiger partial charge < -0.3 is 5.73 Å². The van der Waals surface area contributed by atoms with Gasteiger partial charge in [0, 0.05) is 6.20 Å². The van der Waals surface area contributed by atoms with E-state index in [-0.39, 0.29) is 6.04 Å². The van der Waals surface area contributed by atoms with Crippen LogP contribution in [0.3, 0.4) is 0 Å². The van der Waals surface area contributed by atoms with Crippen LogP contribution >= 0.6 is 11.6 Å². The molecule has 0 aliphatic heterocycles. The number of aryl methyl sites for hydroxylation is 1. The summed E-state index contributed by atoms with van der Waals surface area (Å²) < 4.78 is 0. The third kappa shape index (κ3) is 2.23. The Balaban J connectivity index is 2.39. The fraction of sp³-hybridized carbons (Fsp3) is 0.154. The number of nitrogens with two attached hydrogens (primary N) is 1. The van der Waals surface area contributed by atoms with Gasteiger partial charge in [-0.3, -0.25) is 4.98 Å². The first-order valence-corrected chi connectivity index (χ1v) is 5.49. The van der Waals surface area contributed by atoms with E-state index >= 15 is 0 Å². The van der Waals surface area contributed by atoms with Crippen LogP contribution in [0.15, 0.2) is 42.6 Å². The Morgan fingerprint density at radius 2 is 2.06 bits per heavy atom. The van der Waals surface area contributed by atoms with E-state index in [1.54, 1.807) is 18.3 Å². The first kappa shape index (κ1) is 11.1. The Morgan fingerprint density at radius 1 is 1.25 bits per heavy atom. The minimum absolute atomic E-state index is 0.270. The topological polar surface area (TPSA) is 38.9 Å². The molecule has 1 atom stereocenters. The van der Waals surface area contributed by atoms with Gasteiger partial charge in [-0.05, 0) is 24.6 Å². The SMILES string of the molecule is Cc1cccc(C(N)c2ncccc2Cl)c1. The van der Waals surface area contributed by atoms with Crippen LogP contribution in [0.1, 0.15) is 22.9 Å². The lowest BCUT2D eigenvalue weighted by molar-refractivity contribution is 0.828. The summed E-state index contributed by atoms with van der Waals surface area (Å²) in [5.41, 5.74) is 9.07. The number of nitrogens with zero attached hydrogens (tertiary/aromatic N) is 1. The molecular formula is C13H13ClN2. The van der Waals surface area contributed by atoms with Crippen molar-refractivity contribution in [3.05, 3.63) is 64.4 Å². The highest BCUT2D eigenvalue weighted by molar-refractivity contribution is 6.31. The van der Waals surface area contributed by atoms with E-state index in [2.05, 4.69) is 11.1 Å². The minimum atomic E-state index is -0.270. The zero-order chi connectivity index (χ0) is 11.5. The fourth-order valence-electron chi connectivity index (χ4n) is 1.65. The van der Waals surface area contributed by atoms with Crippen LogP contribution in [0.4, 0.5) is 0 Å². The average molecular weight is 233 g/mol. The molecule has 0 saturated heterocycles. The molecule has 1 heterocycles. The van der Waals surface area contributed by atoms with Crippen LogP contribution in [0, 0.1) is 6.92 Å². The summed E-state index contributed by atoms with van der Waals surface area (Å²) in [6.07, 6.45) is 1.71. The summed E-state index contributed by atoms with van der Waals surface area (Å²) in [5, 5.41) is 0.608. The van der Waals surface area contributed by atoms with Crippen molar-refractivity contribution in [3.63, 3.8) is 0 Å². The zero-order valence-electron chi connectivity index (χ0n) is 9.02. The molecule has 2 nitrogen and oxygen atoms in total. The molecular weight excluding hydrogens is 220 g/mol. The van der Waals surface area contributed by atoms with Crippen LogP contribution in [-0.4, -0.2) is 4.98 Å². The van der Waals surface area contributed by atoms with E-state index in [0.717, 1.165) is 11.3 Å². The van der Waals surface area contributed by atoms with Gasteiger partial charge in [0.15, 0.2) is 0 Å². The Hall–Kier alpha value is -1.38. The van der Waals surface area contributed by atoms with Crippen molar-refractivity contribution in [3.8, 4) is 0 Å². The van der Waals surface area contributed by atoms with Gasteiger partial charge in [-0.15, -0.1) is 0 Å². The van der Waals surface area contributed by atoms with Gasteiger partial charge >= 0.3 is 0 Å². The molecule has 2 rings (SSSR count). The van der Waals surface area contributed by atoms with Gasteiger partial charge in [0.2, 0.25) is 0 Å². The molecule has 0 amide bonds. The van der Waals surface area contributed by atoms with Gasteiger partial charge in [0.1, 0.15) is 0 Å². The lowest BCUT2D eigenvalue weighted by Crippen LogP contribution is -2.14. The molecule has 1 aromatic heterocycles. The van der Waals surface area contributed by atoms with Crippen LogP contribution in [-0.2, 0) is 0 Å². The molecule has 0 bridgehead atoms. The number of aromatic nitrogens is 1. The van der Waals surface area contributed by atoms with Crippen LogP contribution in [0.25, 0.3) is 0 Å². The van der Waals surface area contributed by atoms with E-state index in [1.165, 1.54) is 5.56 Å². The molecule has 0 fully saturated rings. The maximum absolute atomic E-state index is 6.14. The number of halogens is 1. The van der Waals surface area contributed by atoms with Crippen molar-refractivity contribution in [2.45, 2.75) is 13.0 Å². The summed E-state index contributed by atoms with van der Waals surface area (Å²) in [6, 6.07) is 11.4. The summed E-state index contributed by atoms with van der Waals surface area (Å²) in [6.45, 7) is 2.04. The Kier molecular flexibility index (Phi) is 3.22. The highest BCUT2D eigenvalue weighted by atomic mass is 35.5. The molecule has 0 radical (unpaired) electrons. The molecule has 0 aliphatic rings. The zero-order valence-corrected chi connectivity index (χ0v) is 9.78. The van der Waals surface area contributed by atoms with Gasteiger partial charge in [0.05, 0.1) is 16.8 Å². The van der Waals surface area contributed by atoms with Crippen LogP contribution in [0.2, 0.25) is 5.02 Å². The molecule has 1 unspecified atom stereocenters. The molecule has 2 N–H and O–H groups in total. The summed E-state index contributed by atoms with van der Waals surface area (Å²) >= 11 is 6.07. The largest absolute Gasteiger partial charge is 0.319 e. The minimum Gasteiger partial charge on any atom is -0.319 e. The van der Waals surface area contributed by atoms with E-state index in [9.17, 15) is 0 Å². The average Bonchev–Trinajstić information content (AvgIpc) is 2.29. The van der Waals surface area contributed by atoms with E-state index in [0.29, 0.717) is 5.02 Å². The molecule has 2 aromatic rings. The van der Waals surface area contributed by atoms with Gasteiger partial charge in [-0.1, -0.05) is 41.4 Å². The first-order valence-electron chi connectivity index (χ1n) is 5.11. The van der Waals surface area contributed by atoms with E-state index < -0.39 is 0 Å². The fourth-order valence-corrected chi connectivity index (χ4v) is 1.89. The smallest absolute Gasteiger partial charge is 0.0802 e. The molecule has 1 aromatic carbocycles. The monoisotopic (exact) mass is 232 g/mol. The Bertz CT molecular complexity index is 497. The molecule has 0 aliphatic carbocycles. The van der Waals surface area contributed by atoms with Crippen molar-refractivity contribution >= 4 is 11.6 Å². The third-order valence-corrected chi connectivity index (χ3v) is 2.80. The van der Waals surface area contributed by atoms with Crippen LogP contribution < -0.4 is 5.73 Å². The molecule has 0 saturated carbocycles. The summed E-state index contributed by atoms with van der Waals surface area (Å²) in [5.74, 6) is 0. The summed E-state index contributed by atoms with van der Waals surface area (Å²) in [4.78, 5) is 4.23. The predicted molar refractivity (Wildman–Crippen MR) is 66.5 cm³/mol. The molecule has 0 spiro atoms. The van der Waals surface area contributed by atoms with Crippen molar-refractivity contribution in [2.75, 3.05) is 0 Å². The standard InChI is InChI=1S/C13H13ClN2/c1-9-4-2-5-10(8-9)12(15)13-11(14)6-3-7-16-13/h2-8,12H,15H2,1H3. The predicted octanol–water partition coefficient (Wildman–Crippen LogP) is 3.09. The molecule has 82 valence electrons. The second-order valence-electron chi connectivity index (χ2n) is 3.76. The number of hydrogen-bond donors (Lipinski definition) is 1. The van der Waals surface area contributed by atoms with Crippen molar-refractivity contribution in [2.24, 2.45) is 5.73 Å². The lowest BCUT2D eigenvalue weighted by Gasteiger charge is -2.13. The number of pyridine rings is 1. The quantitative estimate of drug-likeness (QED) is 0.864. The van der Waals surface area contributed by atoms with Gasteiger partial charge in [0.25, 0.3) is 0 Å². The molecule has 3 heteroatoms. The number of rotatable bonds is 2. The Labute approximate surface area is 100 Å². The van der Waals surface area contributed by atoms with Crippen molar-refractivity contribution in [1.29, 1.82) is 0 Å². The maximum Gasteiger partial charge on any atom is 0.0802 e. The maximum atomic E-state index is 6.14. The van der Waals surface area contributed by atoms with Crippen molar-refractivity contribution in [1.82, 2.24) is 4.98 Å². The van der Waals surface area contributed by atoms with E-state index in [4.69, 9.17) is 17.3 Å². The first-order chi connectivity index (χ1) is 7.68. The van der Waals surface area contributed by atoms with Crippen LogP contribution in [0.5, 0.6) is 0 Å². The summed E-state index contributed by atoms with van der Waals surface area (Å²) in [7, 11) is 0. The molecule has 16 heavy (non-hydrogen) atoms. The number of hydrogen-bond acceptors (Lipinski definition) is 2.